The summed E-state index contributed by atoms with van der Waals surface area (Å²) in [6.07, 6.45) is 2.67. The van der Waals surface area contributed by atoms with Gasteiger partial charge in [-0.2, -0.15) is 0 Å². The SMILES string of the molecule is C=C(CCCCN)C(=O)N(C)C. The van der Waals surface area contributed by atoms with Crippen LogP contribution in [-0.2, 0) is 4.79 Å². The molecular formula is C9H18N2O. The van der Waals surface area contributed by atoms with Crippen molar-refractivity contribution in [1.29, 1.82) is 0 Å². The number of carbonyl (C=O) groups excluding carboxylic acids is 1. The first-order chi connectivity index (χ1) is 5.59. The van der Waals surface area contributed by atoms with Gasteiger partial charge < -0.3 is 10.6 Å². The minimum Gasteiger partial charge on any atom is -0.345 e. The molecule has 0 aromatic heterocycles. The molecule has 0 unspecified atom stereocenters. The number of amides is 1. The lowest BCUT2D eigenvalue weighted by atomic mass is 10.1. The predicted octanol–water partition coefficient (Wildman–Crippen LogP) is 0.760. The van der Waals surface area contributed by atoms with Gasteiger partial charge in [0.1, 0.15) is 0 Å². The third-order valence-corrected chi connectivity index (χ3v) is 1.64. The number of nitrogens with two attached hydrogens (primary N) is 1. The molecule has 0 saturated carbocycles. The highest BCUT2D eigenvalue weighted by atomic mass is 16.2. The smallest absolute Gasteiger partial charge is 0.248 e. The molecule has 3 nitrogen and oxygen atoms in total. The van der Waals surface area contributed by atoms with Gasteiger partial charge in [-0.15, -0.1) is 0 Å². The normalized spacial score (nSPS) is 9.58. The van der Waals surface area contributed by atoms with Crippen LogP contribution < -0.4 is 5.73 Å². The van der Waals surface area contributed by atoms with Crippen LogP contribution in [-0.4, -0.2) is 31.4 Å². The summed E-state index contributed by atoms with van der Waals surface area (Å²) in [6, 6.07) is 0. The molecule has 0 aliphatic heterocycles. The Morgan fingerprint density at radius 1 is 1.42 bits per heavy atom. The molecule has 0 heterocycles. The van der Waals surface area contributed by atoms with E-state index in [0.29, 0.717) is 12.1 Å². The Hall–Kier alpha value is -0.830. The Morgan fingerprint density at radius 3 is 2.42 bits per heavy atom. The number of nitrogens with zero attached hydrogens (tertiary/aromatic N) is 1. The molecule has 0 atom stereocenters. The lowest BCUT2D eigenvalue weighted by Crippen LogP contribution is -2.23. The molecule has 0 aromatic carbocycles. The maximum absolute atomic E-state index is 11.2. The Labute approximate surface area is 74.2 Å². The van der Waals surface area contributed by atoms with Crippen LogP contribution in [0.15, 0.2) is 12.2 Å². The second-order valence-electron chi connectivity index (χ2n) is 3.05. The molecule has 0 radical (unpaired) electrons. The fourth-order valence-electron chi connectivity index (χ4n) is 0.906. The van der Waals surface area contributed by atoms with E-state index in [9.17, 15) is 4.79 Å². The van der Waals surface area contributed by atoms with Gasteiger partial charge in [-0.05, 0) is 25.8 Å². The van der Waals surface area contributed by atoms with E-state index in [2.05, 4.69) is 6.58 Å². The standard InChI is InChI=1S/C9H18N2O/c1-8(6-4-5-7-10)9(12)11(2)3/h1,4-7,10H2,2-3H3. The summed E-state index contributed by atoms with van der Waals surface area (Å²) >= 11 is 0. The quantitative estimate of drug-likeness (QED) is 0.489. The number of hydrogen-bond donors (Lipinski definition) is 1. The van der Waals surface area contributed by atoms with E-state index in [1.807, 2.05) is 0 Å². The Kier molecular flexibility index (Phi) is 5.37. The first kappa shape index (κ1) is 11.2. The van der Waals surface area contributed by atoms with Crippen LogP contribution in [0, 0.1) is 0 Å². The number of likely N-dealkylation sites (N-methyl/N-ethyl adjacent to an activating group) is 1. The van der Waals surface area contributed by atoms with E-state index in [4.69, 9.17) is 5.73 Å². The van der Waals surface area contributed by atoms with Crippen molar-refractivity contribution >= 4 is 5.91 Å². The summed E-state index contributed by atoms with van der Waals surface area (Å²) < 4.78 is 0. The van der Waals surface area contributed by atoms with Crippen molar-refractivity contribution < 1.29 is 4.79 Å². The second kappa shape index (κ2) is 5.77. The van der Waals surface area contributed by atoms with E-state index in [0.717, 1.165) is 19.3 Å². The van der Waals surface area contributed by atoms with Gasteiger partial charge in [-0.1, -0.05) is 6.58 Å². The van der Waals surface area contributed by atoms with Crippen molar-refractivity contribution in [2.24, 2.45) is 5.73 Å². The fraction of sp³-hybridized carbons (Fsp3) is 0.667. The topological polar surface area (TPSA) is 46.3 Å². The van der Waals surface area contributed by atoms with E-state index in [-0.39, 0.29) is 5.91 Å². The highest BCUT2D eigenvalue weighted by Crippen LogP contribution is 2.06. The molecule has 0 rings (SSSR count). The number of rotatable bonds is 5. The summed E-state index contributed by atoms with van der Waals surface area (Å²) in [7, 11) is 3.47. The number of carbonyl (C=O) groups is 1. The third kappa shape index (κ3) is 4.13. The number of unbranched alkanes of at least 4 members (excludes halogenated alkanes) is 1. The zero-order valence-electron chi connectivity index (χ0n) is 7.97. The lowest BCUT2D eigenvalue weighted by molar-refractivity contribution is -0.124. The first-order valence-electron chi connectivity index (χ1n) is 4.19. The van der Waals surface area contributed by atoms with Crippen LogP contribution in [0.3, 0.4) is 0 Å². The van der Waals surface area contributed by atoms with Crippen LogP contribution in [0.1, 0.15) is 19.3 Å². The molecule has 70 valence electrons. The van der Waals surface area contributed by atoms with Gasteiger partial charge in [0.05, 0.1) is 0 Å². The van der Waals surface area contributed by atoms with Crippen molar-refractivity contribution in [2.75, 3.05) is 20.6 Å². The van der Waals surface area contributed by atoms with E-state index in [1.54, 1.807) is 19.0 Å². The summed E-state index contributed by atoms with van der Waals surface area (Å²) in [5, 5.41) is 0. The maximum atomic E-state index is 11.2. The third-order valence-electron chi connectivity index (χ3n) is 1.64. The molecule has 0 saturated heterocycles. The average molecular weight is 170 g/mol. The zero-order valence-corrected chi connectivity index (χ0v) is 7.97. The molecule has 0 fully saturated rings. The van der Waals surface area contributed by atoms with Crippen molar-refractivity contribution in [3.05, 3.63) is 12.2 Å². The van der Waals surface area contributed by atoms with Crippen molar-refractivity contribution in [3.63, 3.8) is 0 Å². The van der Waals surface area contributed by atoms with Gasteiger partial charge in [-0.3, -0.25) is 4.79 Å². The van der Waals surface area contributed by atoms with Gasteiger partial charge in [0.2, 0.25) is 5.91 Å². The molecule has 12 heavy (non-hydrogen) atoms. The summed E-state index contributed by atoms with van der Waals surface area (Å²) in [5.41, 5.74) is 6.00. The molecule has 0 aromatic rings. The Morgan fingerprint density at radius 2 is 2.00 bits per heavy atom. The van der Waals surface area contributed by atoms with Gasteiger partial charge in [0.25, 0.3) is 0 Å². The Bertz CT molecular complexity index is 164. The minimum atomic E-state index is 0.0204. The molecule has 2 N–H and O–H groups in total. The Balaban J connectivity index is 3.65. The zero-order chi connectivity index (χ0) is 9.56. The molecule has 0 aliphatic rings. The van der Waals surface area contributed by atoms with Gasteiger partial charge >= 0.3 is 0 Å². The predicted molar refractivity (Wildman–Crippen MR) is 50.7 cm³/mol. The molecule has 3 heteroatoms. The molecule has 0 bridgehead atoms. The molecule has 0 spiro atoms. The fourth-order valence-corrected chi connectivity index (χ4v) is 0.906. The highest BCUT2D eigenvalue weighted by Gasteiger charge is 2.07. The van der Waals surface area contributed by atoms with Crippen LogP contribution in [0.2, 0.25) is 0 Å². The minimum absolute atomic E-state index is 0.0204. The summed E-state index contributed by atoms with van der Waals surface area (Å²) in [4.78, 5) is 12.8. The second-order valence-corrected chi connectivity index (χ2v) is 3.05. The largest absolute Gasteiger partial charge is 0.345 e. The van der Waals surface area contributed by atoms with Gasteiger partial charge in [-0.25, -0.2) is 0 Å². The van der Waals surface area contributed by atoms with Crippen molar-refractivity contribution in [3.8, 4) is 0 Å². The summed E-state index contributed by atoms with van der Waals surface area (Å²) in [6.45, 7) is 4.40. The van der Waals surface area contributed by atoms with Crippen LogP contribution in [0.25, 0.3) is 0 Å². The lowest BCUT2D eigenvalue weighted by Gasteiger charge is -2.11. The highest BCUT2D eigenvalue weighted by molar-refractivity contribution is 5.92. The van der Waals surface area contributed by atoms with Gasteiger partial charge in [0, 0.05) is 19.7 Å². The number of hydrogen-bond acceptors (Lipinski definition) is 2. The molecule has 0 aliphatic carbocycles. The maximum Gasteiger partial charge on any atom is 0.248 e. The van der Waals surface area contributed by atoms with E-state index in [1.165, 1.54) is 0 Å². The van der Waals surface area contributed by atoms with Crippen LogP contribution >= 0.6 is 0 Å². The molecule has 1 amide bonds. The average Bonchev–Trinajstić information content (AvgIpc) is 2.03. The van der Waals surface area contributed by atoms with Gasteiger partial charge in [0.15, 0.2) is 0 Å². The van der Waals surface area contributed by atoms with Crippen molar-refractivity contribution in [2.45, 2.75) is 19.3 Å². The molecular weight excluding hydrogens is 152 g/mol. The van der Waals surface area contributed by atoms with E-state index >= 15 is 0 Å². The monoisotopic (exact) mass is 170 g/mol. The first-order valence-corrected chi connectivity index (χ1v) is 4.19. The van der Waals surface area contributed by atoms with Crippen LogP contribution in [0.5, 0.6) is 0 Å². The summed E-state index contributed by atoms with van der Waals surface area (Å²) in [5.74, 6) is 0.0204. The van der Waals surface area contributed by atoms with E-state index < -0.39 is 0 Å². The van der Waals surface area contributed by atoms with Crippen molar-refractivity contribution in [1.82, 2.24) is 4.90 Å². The van der Waals surface area contributed by atoms with Crippen LogP contribution in [0.4, 0.5) is 0 Å².